The minimum absolute atomic E-state index is 0.157. The number of aryl methyl sites for hydroxylation is 1. The van der Waals surface area contributed by atoms with Crippen LogP contribution in [0.3, 0.4) is 0 Å². The minimum atomic E-state index is 0.157. The minimum Gasteiger partial charge on any atom is -0.472 e. The lowest BCUT2D eigenvalue weighted by molar-refractivity contribution is 0.0996. The molecule has 0 aliphatic heterocycles. The number of rotatable bonds is 3. The van der Waals surface area contributed by atoms with Crippen LogP contribution in [-0.4, -0.2) is 5.78 Å². The van der Waals surface area contributed by atoms with E-state index in [1.165, 1.54) is 16.2 Å². The summed E-state index contributed by atoms with van der Waals surface area (Å²) in [5.74, 6) is 0.157. The topological polar surface area (TPSA) is 30.2 Å². The summed E-state index contributed by atoms with van der Waals surface area (Å²) in [5, 5.41) is 0. The van der Waals surface area contributed by atoms with E-state index in [1.807, 2.05) is 25.1 Å². The van der Waals surface area contributed by atoms with Crippen LogP contribution in [0.2, 0.25) is 0 Å². The molecule has 14 heavy (non-hydrogen) atoms. The van der Waals surface area contributed by atoms with Gasteiger partial charge in [0.2, 0.25) is 0 Å². The van der Waals surface area contributed by atoms with E-state index < -0.39 is 0 Å². The Hall–Kier alpha value is -1.35. The zero-order chi connectivity index (χ0) is 9.97. The molecule has 0 radical (unpaired) electrons. The molecule has 0 N–H and O–H groups in total. The van der Waals surface area contributed by atoms with Crippen molar-refractivity contribution in [2.45, 2.75) is 13.3 Å². The maximum Gasteiger partial charge on any atom is 0.177 e. The van der Waals surface area contributed by atoms with Crippen LogP contribution in [0.15, 0.2) is 35.1 Å². The average molecular weight is 206 g/mol. The molecule has 2 rings (SSSR count). The van der Waals surface area contributed by atoms with Crippen LogP contribution in [0.5, 0.6) is 0 Å². The van der Waals surface area contributed by atoms with Crippen molar-refractivity contribution in [3.05, 3.63) is 46.0 Å². The first kappa shape index (κ1) is 9.21. The number of thiophene rings is 1. The summed E-state index contributed by atoms with van der Waals surface area (Å²) in [6, 6.07) is 5.66. The Morgan fingerprint density at radius 1 is 1.43 bits per heavy atom. The van der Waals surface area contributed by atoms with Crippen LogP contribution in [0.1, 0.15) is 20.1 Å². The molecule has 2 aromatic heterocycles. The first-order valence-corrected chi connectivity index (χ1v) is 5.18. The molecular weight excluding hydrogens is 196 g/mol. The highest BCUT2D eigenvalue weighted by atomic mass is 32.1. The van der Waals surface area contributed by atoms with Crippen molar-refractivity contribution in [2.75, 3.05) is 0 Å². The number of hydrogen-bond acceptors (Lipinski definition) is 3. The van der Waals surface area contributed by atoms with Crippen molar-refractivity contribution in [1.82, 2.24) is 0 Å². The van der Waals surface area contributed by atoms with Gasteiger partial charge in [0.05, 0.1) is 17.4 Å². The molecule has 0 aliphatic carbocycles. The fourth-order valence-corrected chi connectivity index (χ4v) is 2.06. The summed E-state index contributed by atoms with van der Waals surface area (Å²) in [7, 11) is 0. The van der Waals surface area contributed by atoms with Gasteiger partial charge in [-0.25, -0.2) is 0 Å². The first-order chi connectivity index (χ1) is 6.75. The Labute approximate surface area is 86.2 Å². The standard InChI is InChI=1S/C11H10O2S/c1-8-2-3-11(14-8)10(12)6-9-4-5-13-7-9/h2-5,7H,6H2,1H3. The highest BCUT2D eigenvalue weighted by Crippen LogP contribution is 2.17. The van der Waals surface area contributed by atoms with Gasteiger partial charge >= 0.3 is 0 Å². The smallest absolute Gasteiger partial charge is 0.177 e. The normalized spacial score (nSPS) is 10.4. The Kier molecular flexibility index (Phi) is 2.50. The van der Waals surface area contributed by atoms with E-state index in [0.717, 1.165) is 10.4 Å². The molecule has 2 heterocycles. The van der Waals surface area contributed by atoms with Gasteiger partial charge in [0.15, 0.2) is 5.78 Å². The van der Waals surface area contributed by atoms with Crippen molar-refractivity contribution in [3.8, 4) is 0 Å². The third-order valence-corrected chi connectivity index (χ3v) is 3.00. The predicted octanol–water partition coefficient (Wildman–Crippen LogP) is 3.07. The van der Waals surface area contributed by atoms with Gasteiger partial charge in [-0.3, -0.25) is 4.79 Å². The number of furan rings is 1. The molecule has 0 aromatic carbocycles. The Morgan fingerprint density at radius 3 is 2.86 bits per heavy atom. The quantitative estimate of drug-likeness (QED) is 0.722. The van der Waals surface area contributed by atoms with E-state index in [1.54, 1.807) is 12.5 Å². The van der Waals surface area contributed by atoms with Crippen LogP contribution in [0, 0.1) is 6.92 Å². The van der Waals surface area contributed by atoms with E-state index in [4.69, 9.17) is 4.42 Å². The molecule has 0 atom stereocenters. The predicted molar refractivity (Wildman–Crippen MR) is 55.8 cm³/mol. The zero-order valence-corrected chi connectivity index (χ0v) is 8.64. The van der Waals surface area contributed by atoms with E-state index in [0.29, 0.717) is 6.42 Å². The lowest BCUT2D eigenvalue weighted by Crippen LogP contribution is -1.99. The van der Waals surface area contributed by atoms with Crippen molar-refractivity contribution in [1.29, 1.82) is 0 Å². The van der Waals surface area contributed by atoms with Crippen molar-refractivity contribution in [3.63, 3.8) is 0 Å². The van der Waals surface area contributed by atoms with Crippen LogP contribution >= 0.6 is 11.3 Å². The summed E-state index contributed by atoms with van der Waals surface area (Å²) in [5.41, 5.74) is 0.932. The summed E-state index contributed by atoms with van der Waals surface area (Å²) < 4.78 is 4.91. The third kappa shape index (κ3) is 1.93. The fraction of sp³-hybridized carbons (Fsp3) is 0.182. The maximum absolute atomic E-state index is 11.7. The van der Waals surface area contributed by atoms with Gasteiger partial charge in [-0.1, -0.05) is 0 Å². The Morgan fingerprint density at radius 2 is 2.29 bits per heavy atom. The third-order valence-electron chi connectivity index (χ3n) is 1.96. The first-order valence-electron chi connectivity index (χ1n) is 4.36. The number of Topliss-reactive ketones (excluding diaryl/α,β-unsaturated/α-hetero) is 1. The average Bonchev–Trinajstić information content (AvgIpc) is 2.75. The summed E-state index contributed by atoms with van der Waals surface area (Å²) in [6.45, 7) is 2.00. The summed E-state index contributed by atoms with van der Waals surface area (Å²) >= 11 is 1.54. The van der Waals surface area contributed by atoms with Gasteiger partial charge in [-0.05, 0) is 30.7 Å². The number of carbonyl (C=O) groups excluding carboxylic acids is 1. The fourth-order valence-electron chi connectivity index (χ4n) is 1.25. The highest BCUT2D eigenvalue weighted by molar-refractivity contribution is 7.14. The molecule has 3 heteroatoms. The van der Waals surface area contributed by atoms with Gasteiger partial charge in [0.25, 0.3) is 0 Å². The van der Waals surface area contributed by atoms with Gasteiger partial charge in [-0.2, -0.15) is 0 Å². The van der Waals surface area contributed by atoms with Crippen LogP contribution < -0.4 is 0 Å². The second-order valence-corrected chi connectivity index (χ2v) is 4.43. The van der Waals surface area contributed by atoms with Gasteiger partial charge < -0.3 is 4.42 Å². The SMILES string of the molecule is Cc1ccc(C(=O)Cc2ccoc2)s1. The van der Waals surface area contributed by atoms with E-state index in [2.05, 4.69) is 0 Å². The van der Waals surface area contributed by atoms with Crippen LogP contribution in [0.4, 0.5) is 0 Å². The van der Waals surface area contributed by atoms with Crippen molar-refractivity contribution in [2.24, 2.45) is 0 Å². The number of carbonyl (C=O) groups is 1. The second-order valence-electron chi connectivity index (χ2n) is 3.14. The van der Waals surface area contributed by atoms with Gasteiger partial charge in [0.1, 0.15) is 0 Å². The molecule has 0 spiro atoms. The van der Waals surface area contributed by atoms with Crippen molar-refractivity contribution < 1.29 is 9.21 Å². The molecule has 0 amide bonds. The second kappa shape index (κ2) is 3.80. The highest BCUT2D eigenvalue weighted by Gasteiger charge is 2.09. The lowest BCUT2D eigenvalue weighted by atomic mass is 10.1. The monoisotopic (exact) mass is 206 g/mol. The van der Waals surface area contributed by atoms with Gasteiger partial charge in [0, 0.05) is 11.3 Å². The molecule has 0 bridgehead atoms. The molecule has 72 valence electrons. The molecule has 2 aromatic rings. The van der Waals surface area contributed by atoms with Gasteiger partial charge in [-0.15, -0.1) is 11.3 Å². The zero-order valence-electron chi connectivity index (χ0n) is 7.82. The largest absolute Gasteiger partial charge is 0.472 e. The maximum atomic E-state index is 11.7. The Bertz CT molecular complexity index is 426. The molecule has 0 saturated carbocycles. The summed E-state index contributed by atoms with van der Waals surface area (Å²) in [4.78, 5) is 13.7. The number of ketones is 1. The Balaban J connectivity index is 2.10. The molecular formula is C11H10O2S. The molecule has 0 saturated heterocycles. The van der Waals surface area contributed by atoms with Crippen LogP contribution in [0.25, 0.3) is 0 Å². The molecule has 0 aliphatic rings. The van der Waals surface area contributed by atoms with Crippen molar-refractivity contribution >= 4 is 17.1 Å². The molecule has 0 fully saturated rings. The van der Waals surface area contributed by atoms with Crippen LogP contribution in [-0.2, 0) is 6.42 Å². The molecule has 2 nitrogen and oxygen atoms in total. The molecule has 0 unspecified atom stereocenters. The van der Waals surface area contributed by atoms with E-state index >= 15 is 0 Å². The van der Waals surface area contributed by atoms with E-state index in [9.17, 15) is 4.79 Å². The number of hydrogen-bond donors (Lipinski definition) is 0. The summed E-state index contributed by atoms with van der Waals surface area (Å²) in [6.07, 6.45) is 3.62. The lowest BCUT2D eigenvalue weighted by Gasteiger charge is -1.93. The van der Waals surface area contributed by atoms with E-state index in [-0.39, 0.29) is 5.78 Å².